The summed E-state index contributed by atoms with van der Waals surface area (Å²) in [6, 6.07) is 1.36. The topological polar surface area (TPSA) is 53.4 Å². The van der Waals surface area contributed by atoms with Crippen molar-refractivity contribution in [2.45, 2.75) is 32.7 Å². The second kappa shape index (κ2) is 4.92. The number of pyridine rings is 1. The lowest BCUT2D eigenvalue weighted by molar-refractivity contribution is 0.0691. The summed E-state index contributed by atoms with van der Waals surface area (Å²) >= 11 is 0. The number of halogens is 1. The summed E-state index contributed by atoms with van der Waals surface area (Å²) in [6.45, 7) is 4.87. The van der Waals surface area contributed by atoms with Crippen LogP contribution in [0.3, 0.4) is 0 Å². The summed E-state index contributed by atoms with van der Waals surface area (Å²) in [6.07, 6.45) is 3.44. The molecule has 2 rings (SSSR count). The second-order valence-electron chi connectivity index (χ2n) is 4.85. The normalized spacial score (nSPS) is 24.1. The minimum Gasteiger partial charge on any atom is -0.478 e. The largest absolute Gasteiger partial charge is 0.478 e. The van der Waals surface area contributed by atoms with Crippen LogP contribution < -0.4 is 4.90 Å². The fraction of sp³-hybridized carbons (Fsp3) is 0.538. The van der Waals surface area contributed by atoms with Crippen LogP contribution in [-0.2, 0) is 0 Å². The standard InChI is InChI=1S/C13H17FN2O2/c1-8-4-3-7-16(9(8)2)12-11(14)10(13(17)18)5-6-15-12/h5-6,8-9H,3-4,7H2,1-2H3,(H,17,18). The Labute approximate surface area is 105 Å². The number of hydrogen-bond donors (Lipinski definition) is 1. The quantitative estimate of drug-likeness (QED) is 0.878. The molecular formula is C13H17FN2O2. The van der Waals surface area contributed by atoms with Crippen molar-refractivity contribution >= 4 is 11.8 Å². The second-order valence-corrected chi connectivity index (χ2v) is 4.85. The van der Waals surface area contributed by atoms with Crippen LogP contribution in [0.4, 0.5) is 10.2 Å². The molecule has 18 heavy (non-hydrogen) atoms. The van der Waals surface area contributed by atoms with Crippen LogP contribution >= 0.6 is 0 Å². The van der Waals surface area contributed by atoms with Gasteiger partial charge in [0, 0.05) is 18.8 Å². The van der Waals surface area contributed by atoms with Crippen molar-refractivity contribution in [3.05, 3.63) is 23.6 Å². The zero-order valence-electron chi connectivity index (χ0n) is 10.6. The van der Waals surface area contributed by atoms with Gasteiger partial charge in [-0.3, -0.25) is 0 Å². The van der Waals surface area contributed by atoms with Gasteiger partial charge < -0.3 is 10.0 Å². The SMILES string of the molecule is CC1CCCN(c2nccc(C(=O)O)c2F)C1C. The zero-order chi connectivity index (χ0) is 13.3. The number of aromatic nitrogens is 1. The van der Waals surface area contributed by atoms with E-state index in [0.717, 1.165) is 19.4 Å². The van der Waals surface area contributed by atoms with E-state index in [9.17, 15) is 9.18 Å². The van der Waals surface area contributed by atoms with Gasteiger partial charge in [0.2, 0.25) is 0 Å². The van der Waals surface area contributed by atoms with Gasteiger partial charge in [-0.15, -0.1) is 0 Å². The molecule has 2 unspecified atom stereocenters. The molecule has 0 aliphatic carbocycles. The lowest BCUT2D eigenvalue weighted by Gasteiger charge is -2.38. The van der Waals surface area contributed by atoms with Gasteiger partial charge in [-0.25, -0.2) is 14.2 Å². The number of rotatable bonds is 2. The summed E-state index contributed by atoms with van der Waals surface area (Å²) in [5.74, 6) is -1.37. The highest BCUT2D eigenvalue weighted by molar-refractivity contribution is 5.88. The first kappa shape index (κ1) is 12.8. The fourth-order valence-electron chi connectivity index (χ4n) is 2.43. The number of anilines is 1. The molecule has 5 heteroatoms. The Balaban J connectivity index is 2.38. The fourth-order valence-corrected chi connectivity index (χ4v) is 2.43. The molecule has 1 aromatic rings. The van der Waals surface area contributed by atoms with Crippen molar-refractivity contribution in [1.29, 1.82) is 0 Å². The van der Waals surface area contributed by atoms with E-state index in [1.54, 1.807) is 0 Å². The average molecular weight is 252 g/mol. The van der Waals surface area contributed by atoms with Gasteiger partial charge >= 0.3 is 5.97 Å². The van der Waals surface area contributed by atoms with Crippen molar-refractivity contribution in [1.82, 2.24) is 4.98 Å². The van der Waals surface area contributed by atoms with E-state index in [0.29, 0.717) is 5.92 Å². The Hall–Kier alpha value is -1.65. The predicted molar refractivity (Wildman–Crippen MR) is 66.4 cm³/mol. The minimum absolute atomic E-state index is 0.161. The third-order valence-electron chi connectivity index (χ3n) is 3.75. The van der Waals surface area contributed by atoms with Crippen LogP contribution in [0.1, 0.15) is 37.0 Å². The Bertz CT molecular complexity index is 464. The van der Waals surface area contributed by atoms with Crippen molar-refractivity contribution in [3.63, 3.8) is 0 Å². The van der Waals surface area contributed by atoms with Gasteiger partial charge in [-0.05, 0) is 31.7 Å². The Morgan fingerprint density at radius 1 is 1.56 bits per heavy atom. The molecule has 1 aliphatic rings. The molecule has 1 fully saturated rings. The summed E-state index contributed by atoms with van der Waals surface area (Å²) in [7, 11) is 0. The third kappa shape index (κ3) is 2.17. The number of piperidine rings is 1. The molecule has 0 spiro atoms. The molecular weight excluding hydrogens is 235 g/mol. The van der Waals surface area contributed by atoms with E-state index in [2.05, 4.69) is 11.9 Å². The highest BCUT2D eigenvalue weighted by atomic mass is 19.1. The van der Waals surface area contributed by atoms with E-state index in [1.165, 1.54) is 12.3 Å². The highest BCUT2D eigenvalue weighted by Crippen LogP contribution is 2.29. The van der Waals surface area contributed by atoms with E-state index < -0.39 is 11.8 Å². The predicted octanol–water partition coefficient (Wildman–Crippen LogP) is 2.54. The van der Waals surface area contributed by atoms with Crippen LogP contribution in [0.2, 0.25) is 0 Å². The number of aromatic carboxylic acids is 1. The van der Waals surface area contributed by atoms with Gasteiger partial charge in [-0.1, -0.05) is 6.92 Å². The molecule has 98 valence electrons. The maximum atomic E-state index is 14.1. The summed E-state index contributed by atoms with van der Waals surface area (Å²) in [5, 5.41) is 8.92. The van der Waals surface area contributed by atoms with Crippen molar-refractivity contribution < 1.29 is 14.3 Å². The van der Waals surface area contributed by atoms with E-state index >= 15 is 0 Å². The smallest absolute Gasteiger partial charge is 0.338 e. The van der Waals surface area contributed by atoms with E-state index in [1.807, 2.05) is 11.8 Å². The molecule has 0 radical (unpaired) electrons. The molecule has 0 bridgehead atoms. The van der Waals surface area contributed by atoms with Gasteiger partial charge in [0.15, 0.2) is 11.6 Å². The molecule has 0 aromatic carbocycles. The maximum Gasteiger partial charge on any atom is 0.338 e. The number of nitrogens with zero attached hydrogens (tertiary/aromatic N) is 2. The molecule has 1 N–H and O–H groups in total. The highest BCUT2D eigenvalue weighted by Gasteiger charge is 2.29. The molecule has 1 aromatic heterocycles. The van der Waals surface area contributed by atoms with E-state index in [-0.39, 0.29) is 17.4 Å². The number of hydrogen-bond acceptors (Lipinski definition) is 3. The van der Waals surface area contributed by atoms with E-state index in [4.69, 9.17) is 5.11 Å². The molecule has 2 heterocycles. The Morgan fingerprint density at radius 3 is 2.94 bits per heavy atom. The van der Waals surface area contributed by atoms with Gasteiger partial charge in [-0.2, -0.15) is 0 Å². The first-order valence-electron chi connectivity index (χ1n) is 6.16. The summed E-state index contributed by atoms with van der Waals surface area (Å²) in [4.78, 5) is 16.8. The minimum atomic E-state index is -1.26. The molecule has 0 saturated carbocycles. The lowest BCUT2D eigenvalue weighted by atomic mass is 9.92. The average Bonchev–Trinajstić information content (AvgIpc) is 2.33. The third-order valence-corrected chi connectivity index (χ3v) is 3.75. The monoisotopic (exact) mass is 252 g/mol. The Morgan fingerprint density at radius 2 is 2.28 bits per heavy atom. The number of carboxylic acids is 1. The van der Waals surface area contributed by atoms with Crippen LogP contribution in [0.15, 0.2) is 12.3 Å². The number of carboxylic acid groups (broad SMARTS) is 1. The van der Waals surface area contributed by atoms with Gasteiger partial charge in [0.1, 0.15) is 5.56 Å². The van der Waals surface area contributed by atoms with Crippen LogP contribution in [-0.4, -0.2) is 28.6 Å². The molecule has 2 atom stereocenters. The van der Waals surface area contributed by atoms with Gasteiger partial charge in [0.05, 0.1) is 0 Å². The molecule has 0 amide bonds. The summed E-state index contributed by atoms with van der Waals surface area (Å²) in [5.41, 5.74) is -0.314. The Kier molecular flexibility index (Phi) is 3.50. The van der Waals surface area contributed by atoms with Crippen LogP contribution in [0, 0.1) is 11.7 Å². The lowest BCUT2D eigenvalue weighted by Crippen LogP contribution is -2.43. The molecule has 1 aliphatic heterocycles. The van der Waals surface area contributed by atoms with Crippen LogP contribution in [0.25, 0.3) is 0 Å². The number of carbonyl (C=O) groups is 1. The molecule has 4 nitrogen and oxygen atoms in total. The summed E-state index contributed by atoms with van der Waals surface area (Å²) < 4.78 is 14.1. The maximum absolute atomic E-state index is 14.1. The molecule has 1 saturated heterocycles. The zero-order valence-corrected chi connectivity index (χ0v) is 10.6. The van der Waals surface area contributed by atoms with Gasteiger partial charge in [0.25, 0.3) is 0 Å². The first-order valence-corrected chi connectivity index (χ1v) is 6.16. The van der Waals surface area contributed by atoms with Crippen molar-refractivity contribution in [2.75, 3.05) is 11.4 Å². The van der Waals surface area contributed by atoms with Crippen molar-refractivity contribution in [3.8, 4) is 0 Å². The first-order chi connectivity index (χ1) is 8.52. The van der Waals surface area contributed by atoms with Crippen LogP contribution in [0.5, 0.6) is 0 Å². The van der Waals surface area contributed by atoms with Crippen molar-refractivity contribution in [2.24, 2.45) is 5.92 Å².